The molecule has 0 bridgehead atoms. The van der Waals surface area contributed by atoms with Crippen molar-refractivity contribution in [1.29, 1.82) is 0 Å². The minimum Gasteiger partial charge on any atom is -0.504 e. The molecule has 7 heteroatoms. The molecule has 0 fully saturated rings. The lowest BCUT2D eigenvalue weighted by molar-refractivity contribution is 0.317. The largest absolute Gasteiger partial charge is 0.504 e. The van der Waals surface area contributed by atoms with Crippen LogP contribution in [0.4, 0.5) is 0 Å². The predicted molar refractivity (Wildman–Crippen MR) is 102 cm³/mol. The molecule has 0 aliphatic carbocycles. The van der Waals surface area contributed by atoms with Crippen LogP contribution < -0.4 is 9.57 Å². The highest BCUT2D eigenvalue weighted by molar-refractivity contribution is 7.89. The molecule has 0 saturated heterocycles. The van der Waals surface area contributed by atoms with E-state index in [1.165, 1.54) is 18.3 Å². The van der Waals surface area contributed by atoms with E-state index in [1.807, 2.05) is 13.8 Å². The Morgan fingerprint density at radius 2 is 1.96 bits per heavy atom. The smallest absolute Gasteiger partial charge is 0.276 e. The van der Waals surface area contributed by atoms with E-state index in [0.29, 0.717) is 29.9 Å². The van der Waals surface area contributed by atoms with E-state index in [9.17, 15) is 13.5 Å². The summed E-state index contributed by atoms with van der Waals surface area (Å²) in [5.41, 5.74) is 2.18. The van der Waals surface area contributed by atoms with Crippen LogP contribution in [0.15, 0.2) is 59.1 Å². The molecule has 138 valence electrons. The monoisotopic (exact) mass is 374 g/mol. The Morgan fingerprint density at radius 1 is 1.27 bits per heavy atom. The summed E-state index contributed by atoms with van der Waals surface area (Å²) >= 11 is 0. The number of phenolic OH excluding ortho intramolecular Hbond substituents is 1. The molecule has 2 rings (SSSR count). The number of aromatic hydroxyl groups is 1. The number of phenols is 1. The number of nitrogens with zero attached hydrogens (tertiary/aromatic N) is 1. The lowest BCUT2D eigenvalue weighted by Gasteiger charge is -2.11. The van der Waals surface area contributed by atoms with E-state index in [0.717, 1.165) is 5.56 Å². The van der Waals surface area contributed by atoms with Crippen molar-refractivity contribution < 1.29 is 18.3 Å². The number of sulfonamides is 1. The quantitative estimate of drug-likeness (QED) is 0.422. The van der Waals surface area contributed by atoms with Crippen LogP contribution in [0.2, 0.25) is 0 Å². The van der Waals surface area contributed by atoms with Crippen LogP contribution in [0.25, 0.3) is 0 Å². The zero-order valence-corrected chi connectivity index (χ0v) is 15.6. The van der Waals surface area contributed by atoms with E-state index in [-0.39, 0.29) is 10.6 Å². The number of benzene rings is 2. The van der Waals surface area contributed by atoms with Gasteiger partial charge < -0.3 is 9.84 Å². The second-order valence-corrected chi connectivity index (χ2v) is 7.28. The molecule has 26 heavy (non-hydrogen) atoms. The topological polar surface area (TPSA) is 88.0 Å². The standard InChI is InChI=1S/C19H22N2O4S/c1-4-6-16-11-15(12-18(19(16)22)25-5-2)13-20-21-26(23,24)17-9-7-14(3)8-10-17/h4,7-13,21-22H,1,5-6H2,2-3H3/b20-13-. The minimum atomic E-state index is -3.74. The normalized spacial score (nSPS) is 11.5. The van der Waals surface area contributed by atoms with Crippen LogP contribution >= 0.6 is 0 Å². The van der Waals surface area contributed by atoms with Gasteiger partial charge in [0.25, 0.3) is 10.0 Å². The van der Waals surface area contributed by atoms with Gasteiger partial charge in [-0.1, -0.05) is 23.8 Å². The number of rotatable bonds is 8. The number of hydrogen-bond donors (Lipinski definition) is 2. The van der Waals surface area contributed by atoms with Gasteiger partial charge >= 0.3 is 0 Å². The highest BCUT2D eigenvalue weighted by Gasteiger charge is 2.12. The summed E-state index contributed by atoms with van der Waals surface area (Å²) in [4.78, 5) is 2.31. The average Bonchev–Trinajstić information content (AvgIpc) is 2.59. The third-order valence-electron chi connectivity index (χ3n) is 3.56. The van der Waals surface area contributed by atoms with E-state index >= 15 is 0 Å². The van der Waals surface area contributed by atoms with Gasteiger partial charge in [-0.3, -0.25) is 0 Å². The molecule has 0 unspecified atom stereocenters. The highest BCUT2D eigenvalue weighted by Crippen LogP contribution is 2.31. The fraction of sp³-hybridized carbons (Fsp3) is 0.211. The van der Waals surface area contributed by atoms with Gasteiger partial charge in [0.05, 0.1) is 17.7 Å². The first-order chi connectivity index (χ1) is 12.4. The Hall–Kier alpha value is -2.80. The molecular weight excluding hydrogens is 352 g/mol. The van der Waals surface area contributed by atoms with Crippen molar-refractivity contribution in [3.05, 3.63) is 65.7 Å². The Balaban J connectivity index is 2.23. The number of allylic oxidation sites excluding steroid dienone is 1. The minimum absolute atomic E-state index is 0.0455. The molecular formula is C19H22N2O4S. The molecule has 0 radical (unpaired) electrons. The number of hydrazone groups is 1. The second kappa shape index (κ2) is 8.53. The first-order valence-corrected chi connectivity index (χ1v) is 9.56. The molecule has 0 aromatic heterocycles. The van der Waals surface area contributed by atoms with Gasteiger partial charge in [-0.05, 0) is 50.1 Å². The van der Waals surface area contributed by atoms with Crippen LogP contribution in [-0.4, -0.2) is 26.3 Å². The lowest BCUT2D eigenvalue weighted by Crippen LogP contribution is -2.18. The van der Waals surface area contributed by atoms with Crippen molar-refractivity contribution in [3.63, 3.8) is 0 Å². The first-order valence-electron chi connectivity index (χ1n) is 8.08. The fourth-order valence-electron chi connectivity index (χ4n) is 2.28. The maximum atomic E-state index is 12.2. The van der Waals surface area contributed by atoms with E-state index in [2.05, 4.69) is 16.5 Å². The Morgan fingerprint density at radius 3 is 2.58 bits per heavy atom. The molecule has 0 saturated carbocycles. The van der Waals surface area contributed by atoms with Gasteiger partial charge in [-0.25, -0.2) is 4.83 Å². The summed E-state index contributed by atoms with van der Waals surface area (Å²) in [7, 11) is -3.74. The van der Waals surface area contributed by atoms with Gasteiger partial charge in [0, 0.05) is 5.56 Å². The van der Waals surface area contributed by atoms with Crippen molar-refractivity contribution in [1.82, 2.24) is 4.83 Å². The number of hydrogen-bond acceptors (Lipinski definition) is 5. The van der Waals surface area contributed by atoms with E-state index in [4.69, 9.17) is 4.74 Å². The van der Waals surface area contributed by atoms with Crippen molar-refractivity contribution in [2.24, 2.45) is 5.10 Å². The number of nitrogens with one attached hydrogen (secondary N) is 1. The molecule has 0 heterocycles. The molecule has 0 amide bonds. The molecule has 6 nitrogen and oxygen atoms in total. The van der Waals surface area contributed by atoms with Crippen LogP contribution in [0, 0.1) is 6.92 Å². The maximum absolute atomic E-state index is 12.2. The van der Waals surface area contributed by atoms with Crippen LogP contribution in [0.1, 0.15) is 23.6 Å². The summed E-state index contributed by atoms with van der Waals surface area (Å²) in [6.45, 7) is 7.74. The van der Waals surface area contributed by atoms with Crippen molar-refractivity contribution >= 4 is 16.2 Å². The molecule has 2 aromatic rings. The maximum Gasteiger partial charge on any atom is 0.276 e. The highest BCUT2D eigenvalue weighted by atomic mass is 32.2. The Labute approximate surface area is 153 Å². The van der Waals surface area contributed by atoms with Crippen LogP contribution in [0.5, 0.6) is 11.5 Å². The third kappa shape index (κ3) is 4.86. The average molecular weight is 374 g/mol. The van der Waals surface area contributed by atoms with E-state index < -0.39 is 10.0 Å². The van der Waals surface area contributed by atoms with Crippen molar-refractivity contribution in [2.75, 3.05) is 6.61 Å². The SMILES string of the molecule is C=CCc1cc(/C=N\NS(=O)(=O)c2ccc(C)cc2)cc(OCC)c1O. The lowest BCUT2D eigenvalue weighted by atomic mass is 10.1. The zero-order chi connectivity index (χ0) is 19.2. The molecule has 2 aromatic carbocycles. The molecule has 2 N–H and O–H groups in total. The van der Waals surface area contributed by atoms with Crippen molar-refractivity contribution in [2.45, 2.75) is 25.2 Å². The van der Waals surface area contributed by atoms with Crippen LogP contribution in [0.3, 0.4) is 0 Å². The Kier molecular flexibility index (Phi) is 6.41. The molecule has 0 spiro atoms. The molecule has 0 aliphatic rings. The fourth-order valence-corrected chi connectivity index (χ4v) is 3.07. The first kappa shape index (κ1) is 19.5. The van der Waals surface area contributed by atoms with Gasteiger partial charge in [-0.2, -0.15) is 13.5 Å². The van der Waals surface area contributed by atoms with Gasteiger partial charge in [0.15, 0.2) is 11.5 Å². The predicted octanol–water partition coefficient (Wildman–Crippen LogP) is 3.14. The second-order valence-electron chi connectivity index (χ2n) is 5.62. The third-order valence-corrected chi connectivity index (χ3v) is 4.80. The van der Waals surface area contributed by atoms with E-state index in [1.54, 1.807) is 30.3 Å². The zero-order valence-electron chi connectivity index (χ0n) is 14.8. The molecule has 0 aliphatic heterocycles. The van der Waals surface area contributed by atoms with Gasteiger partial charge in [0.2, 0.25) is 0 Å². The van der Waals surface area contributed by atoms with Gasteiger partial charge in [0.1, 0.15) is 0 Å². The number of ether oxygens (including phenoxy) is 1. The summed E-state index contributed by atoms with van der Waals surface area (Å²) in [5, 5.41) is 14.0. The number of aryl methyl sites for hydroxylation is 1. The summed E-state index contributed by atoms with van der Waals surface area (Å²) < 4.78 is 29.9. The summed E-state index contributed by atoms with van der Waals surface area (Å²) in [6.07, 6.45) is 3.47. The van der Waals surface area contributed by atoms with Gasteiger partial charge in [-0.15, -0.1) is 6.58 Å². The Bertz CT molecular complexity index is 904. The van der Waals surface area contributed by atoms with Crippen LogP contribution in [-0.2, 0) is 16.4 Å². The van der Waals surface area contributed by atoms with Crippen molar-refractivity contribution in [3.8, 4) is 11.5 Å². The molecule has 0 atom stereocenters. The summed E-state index contributed by atoms with van der Waals surface area (Å²) in [6, 6.07) is 9.76. The summed E-state index contributed by atoms with van der Waals surface area (Å²) in [5.74, 6) is 0.360.